The molecule has 1 aliphatic heterocycles. The summed E-state index contributed by atoms with van der Waals surface area (Å²) in [5, 5.41) is 4.86. The van der Waals surface area contributed by atoms with Crippen LogP contribution in [0.2, 0.25) is 0 Å². The van der Waals surface area contributed by atoms with Crippen molar-refractivity contribution in [3.8, 4) is 0 Å². The molecule has 1 saturated heterocycles. The number of benzene rings is 1. The Kier molecular flexibility index (Phi) is 4.53. The molecule has 0 radical (unpaired) electrons. The second kappa shape index (κ2) is 6.75. The third-order valence-electron chi connectivity index (χ3n) is 3.82. The van der Waals surface area contributed by atoms with Gasteiger partial charge >= 0.3 is 0 Å². The Morgan fingerprint density at radius 3 is 2.73 bits per heavy atom. The van der Waals surface area contributed by atoms with Crippen molar-refractivity contribution < 1.29 is 9.59 Å². The molecule has 0 unspecified atom stereocenters. The van der Waals surface area contributed by atoms with Gasteiger partial charge < -0.3 is 10.2 Å². The second-order valence-electron chi connectivity index (χ2n) is 5.36. The monoisotopic (exact) mass is 314 g/mol. The summed E-state index contributed by atoms with van der Waals surface area (Å²) in [5.41, 5.74) is 0.769. The van der Waals surface area contributed by atoms with Gasteiger partial charge in [-0.25, -0.2) is 0 Å². The summed E-state index contributed by atoms with van der Waals surface area (Å²) in [6.45, 7) is 0.664. The summed E-state index contributed by atoms with van der Waals surface area (Å²) in [6, 6.07) is 12.9. The van der Waals surface area contributed by atoms with E-state index >= 15 is 0 Å². The average Bonchev–Trinajstić information content (AvgIpc) is 3.19. The van der Waals surface area contributed by atoms with E-state index < -0.39 is 0 Å². The number of amides is 2. The van der Waals surface area contributed by atoms with Gasteiger partial charge in [-0.2, -0.15) is 0 Å². The summed E-state index contributed by atoms with van der Waals surface area (Å²) < 4.78 is 0. The van der Waals surface area contributed by atoms with Crippen LogP contribution in [0.25, 0.3) is 0 Å². The summed E-state index contributed by atoms with van der Waals surface area (Å²) in [4.78, 5) is 27.6. The van der Waals surface area contributed by atoms with E-state index in [4.69, 9.17) is 0 Å². The lowest BCUT2D eigenvalue weighted by atomic mass is 10.2. The molecule has 3 rings (SSSR count). The molecule has 0 saturated carbocycles. The van der Waals surface area contributed by atoms with Crippen molar-refractivity contribution in [3.63, 3.8) is 0 Å². The first kappa shape index (κ1) is 14.8. The van der Waals surface area contributed by atoms with Crippen LogP contribution in [-0.2, 0) is 16.0 Å². The number of para-hydroxylation sites is 1. The maximum absolute atomic E-state index is 12.4. The van der Waals surface area contributed by atoms with Gasteiger partial charge in [-0.05, 0) is 36.4 Å². The van der Waals surface area contributed by atoms with Gasteiger partial charge in [0.1, 0.15) is 6.04 Å². The summed E-state index contributed by atoms with van der Waals surface area (Å²) in [7, 11) is 0. The Bertz CT molecular complexity index is 640. The highest BCUT2D eigenvalue weighted by Gasteiger charge is 2.33. The van der Waals surface area contributed by atoms with E-state index in [1.54, 1.807) is 16.2 Å². The maximum Gasteiger partial charge on any atom is 0.247 e. The van der Waals surface area contributed by atoms with Gasteiger partial charge in [0, 0.05) is 17.1 Å². The molecule has 2 amide bonds. The van der Waals surface area contributed by atoms with Gasteiger partial charge in [0.2, 0.25) is 11.8 Å². The fourth-order valence-corrected chi connectivity index (χ4v) is 3.44. The van der Waals surface area contributed by atoms with Crippen LogP contribution in [0.4, 0.5) is 5.69 Å². The van der Waals surface area contributed by atoms with Gasteiger partial charge in [-0.3, -0.25) is 9.59 Å². The molecule has 4 nitrogen and oxygen atoms in total. The van der Waals surface area contributed by atoms with E-state index in [1.807, 2.05) is 47.8 Å². The van der Waals surface area contributed by atoms with E-state index in [1.165, 1.54) is 0 Å². The van der Waals surface area contributed by atoms with Gasteiger partial charge in [-0.15, -0.1) is 11.3 Å². The molecule has 114 valence electrons. The molecule has 1 aromatic heterocycles. The predicted octanol–water partition coefficient (Wildman–Crippen LogP) is 2.92. The van der Waals surface area contributed by atoms with E-state index in [0.29, 0.717) is 13.0 Å². The van der Waals surface area contributed by atoms with E-state index in [2.05, 4.69) is 5.32 Å². The van der Waals surface area contributed by atoms with Crippen LogP contribution in [0, 0.1) is 0 Å². The van der Waals surface area contributed by atoms with Crippen molar-refractivity contribution in [1.29, 1.82) is 0 Å². The van der Waals surface area contributed by atoms with Gasteiger partial charge in [0.05, 0.1) is 6.42 Å². The largest absolute Gasteiger partial charge is 0.330 e. The summed E-state index contributed by atoms with van der Waals surface area (Å²) in [5.74, 6) is -0.0589. The zero-order chi connectivity index (χ0) is 15.4. The van der Waals surface area contributed by atoms with Crippen LogP contribution in [0.3, 0.4) is 0 Å². The topological polar surface area (TPSA) is 49.4 Å². The van der Waals surface area contributed by atoms with Crippen molar-refractivity contribution in [2.24, 2.45) is 0 Å². The van der Waals surface area contributed by atoms with Crippen LogP contribution in [0.5, 0.6) is 0 Å². The molecule has 22 heavy (non-hydrogen) atoms. The molecule has 1 aromatic carbocycles. The maximum atomic E-state index is 12.4. The number of rotatable bonds is 4. The van der Waals surface area contributed by atoms with Crippen LogP contribution in [0.1, 0.15) is 17.7 Å². The lowest BCUT2D eigenvalue weighted by molar-refractivity contribution is -0.136. The number of anilines is 1. The molecule has 0 spiro atoms. The van der Waals surface area contributed by atoms with Gasteiger partial charge in [0.15, 0.2) is 0 Å². The fourth-order valence-electron chi connectivity index (χ4n) is 2.75. The van der Waals surface area contributed by atoms with Crippen molar-refractivity contribution in [2.75, 3.05) is 11.9 Å². The minimum Gasteiger partial charge on any atom is -0.330 e. The molecule has 1 fully saturated rings. The Morgan fingerprint density at radius 1 is 1.18 bits per heavy atom. The van der Waals surface area contributed by atoms with E-state index in [9.17, 15) is 9.59 Å². The third-order valence-corrected chi connectivity index (χ3v) is 4.70. The zero-order valence-electron chi connectivity index (χ0n) is 12.2. The molecule has 2 heterocycles. The standard InChI is InChI=1S/C17H18N2O2S/c20-16(12-14-8-5-11-22-14)19-10-4-9-15(19)17(21)18-13-6-2-1-3-7-13/h1-3,5-8,11,15H,4,9-10,12H2,(H,18,21)/t15-/m1/s1. The third kappa shape index (κ3) is 3.36. The number of hydrogen-bond acceptors (Lipinski definition) is 3. The Balaban J connectivity index is 1.64. The Labute approximate surface area is 133 Å². The normalized spacial score (nSPS) is 17.5. The molecular weight excluding hydrogens is 296 g/mol. The number of hydrogen-bond donors (Lipinski definition) is 1. The minimum absolute atomic E-state index is 0.0353. The lowest BCUT2D eigenvalue weighted by Crippen LogP contribution is -2.43. The lowest BCUT2D eigenvalue weighted by Gasteiger charge is -2.23. The quantitative estimate of drug-likeness (QED) is 0.943. The van der Waals surface area contributed by atoms with Crippen LogP contribution >= 0.6 is 11.3 Å². The SMILES string of the molecule is O=C(Nc1ccccc1)[C@H]1CCCN1C(=O)Cc1cccs1. The van der Waals surface area contributed by atoms with Crippen molar-refractivity contribution in [1.82, 2.24) is 4.90 Å². The predicted molar refractivity (Wildman–Crippen MR) is 87.8 cm³/mol. The smallest absolute Gasteiger partial charge is 0.247 e. The molecule has 1 aliphatic rings. The molecule has 0 aliphatic carbocycles. The highest BCUT2D eigenvalue weighted by atomic mass is 32.1. The Hall–Kier alpha value is -2.14. The molecule has 5 heteroatoms. The van der Waals surface area contributed by atoms with Crippen molar-refractivity contribution in [2.45, 2.75) is 25.3 Å². The van der Waals surface area contributed by atoms with E-state index in [0.717, 1.165) is 23.4 Å². The van der Waals surface area contributed by atoms with Gasteiger partial charge in [0.25, 0.3) is 0 Å². The Morgan fingerprint density at radius 2 is 2.00 bits per heavy atom. The number of carbonyl (C=O) groups excluding carboxylic acids is 2. The molecule has 2 aromatic rings. The highest BCUT2D eigenvalue weighted by Crippen LogP contribution is 2.21. The molecule has 1 N–H and O–H groups in total. The number of nitrogens with one attached hydrogen (secondary N) is 1. The first-order valence-electron chi connectivity index (χ1n) is 7.42. The molecule has 1 atom stereocenters. The first-order chi connectivity index (χ1) is 10.7. The second-order valence-corrected chi connectivity index (χ2v) is 6.39. The van der Waals surface area contributed by atoms with Crippen LogP contribution in [-0.4, -0.2) is 29.3 Å². The van der Waals surface area contributed by atoms with Crippen LogP contribution < -0.4 is 5.32 Å². The average molecular weight is 314 g/mol. The highest BCUT2D eigenvalue weighted by molar-refractivity contribution is 7.10. The molecular formula is C17H18N2O2S. The van der Waals surface area contributed by atoms with Gasteiger partial charge in [-0.1, -0.05) is 24.3 Å². The zero-order valence-corrected chi connectivity index (χ0v) is 13.0. The summed E-state index contributed by atoms with van der Waals surface area (Å²) in [6.07, 6.45) is 1.99. The summed E-state index contributed by atoms with van der Waals surface area (Å²) >= 11 is 1.57. The first-order valence-corrected chi connectivity index (χ1v) is 8.30. The minimum atomic E-state index is -0.354. The fraction of sp³-hybridized carbons (Fsp3) is 0.294. The number of likely N-dealkylation sites (tertiary alicyclic amines) is 1. The number of thiophene rings is 1. The molecule has 0 bridgehead atoms. The number of nitrogens with zero attached hydrogens (tertiary/aromatic N) is 1. The van der Waals surface area contributed by atoms with E-state index in [-0.39, 0.29) is 17.9 Å². The van der Waals surface area contributed by atoms with Crippen LogP contribution in [0.15, 0.2) is 47.8 Å². The van der Waals surface area contributed by atoms with Crippen molar-refractivity contribution >= 4 is 28.8 Å². The number of carbonyl (C=O) groups is 2. The van der Waals surface area contributed by atoms with Crippen molar-refractivity contribution in [3.05, 3.63) is 52.7 Å².